The third-order valence-corrected chi connectivity index (χ3v) is 2.77. The maximum atomic E-state index is 13.3. The van der Waals surface area contributed by atoms with E-state index in [1.807, 2.05) is 32.0 Å². The highest BCUT2D eigenvalue weighted by molar-refractivity contribution is 5.34. The highest BCUT2D eigenvalue weighted by Gasteiger charge is 2.13. The second-order valence-electron chi connectivity index (χ2n) is 4.25. The Hall–Kier alpha value is -1.74. The predicted octanol–water partition coefficient (Wildman–Crippen LogP) is 2.89. The van der Waals surface area contributed by atoms with Crippen LogP contribution in [0.25, 0.3) is 0 Å². The van der Waals surface area contributed by atoms with Crippen molar-refractivity contribution in [2.75, 3.05) is 0 Å². The van der Waals surface area contributed by atoms with Gasteiger partial charge in [-0.2, -0.15) is 0 Å². The molecule has 1 unspecified atom stereocenters. The van der Waals surface area contributed by atoms with Crippen molar-refractivity contribution in [3.05, 3.63) is 64.7 Å². The standard InChI is InChI=1S/C14H15FN2/c1-9-6-11(8-12(15)7-9)13(16)14-10(2)4-3-5-17-14/h3-8,13H,16H2,1-2H3. The number of aromatic nitrogens is 1. The Morgan fingerprint density at radius 2 is 2.00 bits per heavy atom. The fourth-order valence-corrected chi connectivity index (χ4v) is 1.93. The number of halogens is 1. The molecular weight excluding hydrogens is 215 g/mol. The molecule has 0 radical (unpaired) electrons. The molecule has 2 N–H and O–H groups in total. The molecule has 0 bridgehead atoms. The van der Waals surface area contributed by atoms with E-state index in [4.69, 9.17) is 5.73 Å². The molecule has 3 heteroatoms. The Morgan fingerprint density at radius 1 is 1.24 bits per heavy atom. The van der Waals surface area contributed by atoms with Gasteiger partial charge in [-0.1, -0.05) is 12.1 Å². The first-order valence-corrected chi connectivity index (χ1v) is 5.52. The zero-order valence-corrected chi connectivity index (χ0v) is 9.94. The third kappa shape index (κ3) is 2.50. The molecule has 0 fully saturated rings. The van der Waals surface area contributed by atoms with E-state index in [1.54, 1.807) is 6.20 Å². The maximum absolute atomic E-state index is 13.3. The van der Waals surface area contributed by atoms with E-state index >= 15 is 0 Å². The van der Waals surface area contributed by atoms with Crippen LogP contribution in [0.3, 0.4) is 0 Å². The van der Waals surface area contributed by atoms with Crippen molar-refractivity contribution in [1.82, 2.24) is 4.98 Å². The Balaban J connectivity index is 2.43. The van der Waals surface area contributed by atoms with Crippen molar-refractivity contribution in [3.8, 4) is 0 Å². The molecule has 1 atom stereocenters. The molecule has 0 aliphatic heterocycles. The van der Waals surface area contributed by atoms with Crippen LogP contribution in [0.15, 0.2) is 36.5 Å². The fourth-order valence-electron chi connectivity index (χ4n) is 1.93. The third-order valence-electron chi connectivity index (χ3n) is 2.77. The normalized spacial score (nSPS) is 12.5. The van der Waals surface area contributed by atoms with Gasteiger partial charge in [0.05, 0.1) is 11.7 Å². The van der Waals surface area contributed by atoms with Gasteiger partial charge in [0, 0.05) is 6.20 Å². The summed E-state index contributed by atoms with van der Waals surface area (Å²) in [7, 11) is 0. The van der Waals surface area contributed by atoms with Crippen molar-refractivity contribution in [2.24, 2.45) is 5.73 Å². The monoisotopic (exact) mass is 230 g/mol. The summed E-state index contributed by atoms with van der Waals surface area (Å²) in [6.45, 7) is 3.80. The lowest BCUT2D eigenvalue weighted by atomic mass is 9.99. The van der Waals surface area contributed by atoms with Gasteiger partial charge in [0.1, 0.15) is 5.82 Å². The van der Waals surface area contributed by atoms with E-state index in [0.717, 1.165) is 22.4 Å². The quantitative estimate of drug-likeness (QED) is 0.861. The lowest BCUT2D eigenvalue weighted by molar-refractivity contribution is 0.621. The Kier molecular flexibility index (Phi) is 3.20. The number of hydrogen-bond donors (Lipinski definition) is 1. The van der Waals surface area contributed by atoms with E-state index in [1.165, 1.54) is 12.1 Å². The molecular formula is C14H15FN2. The van der Waals surface area contributed by atoms with Gasteiger partial charge < -0.3 is 5.73 Å². The van der Waals surface area contributed by atoms with Crippen molar-refractivity contribution in [1.29, 1.82) is 0 Å². The maximum Gasteiger partial charge on any atom is 0.123 e. The smallest absolute Gasteiger partial charge is 0.123 e. The van der Waals surface area contributed by atoms with Crippen LogP contribution in [0.5, 0.6) is 0 Å². The van der Waals surface area contributed by atoms with Crippen molar-refractivity contribution in [2.45, 2.75) is 19.9 Å². The Morgan fingerprint density at radius 3 is 2.65 bits per heavy atom. The minimum Gasteiger partial charge on any atom is -0.319 e. The molecule has 88 valence electrons. The van der Waals surface area contributed by atoms with Crippen LogP contribution in [-0.2, 0) is 0 Å². The number of pyridine rings is 1. The lowest BCUT2D eigenvalue weighted by Gasteiger charge is -2.14. The van der Waals surface area contributed by atoms with Gasteiger partial charge in [0.2, 0.25) is 0 Å². The SMILES string of the molecule is Cc1cc(F)cc(C(N)c2ncccc2C)c1. The first kappa shape index (κ1) is 11.7. The molecule has 0 aliphatic carbocycles. The fraction of sp³-hybridized carbons (Fsp3) is 0.214. The highest BCUT2D eigenvalue weighted by Crippen LogP contribution is 2.22. The van der Waals surface area contributed by atoms with E-state index in [9.17, 15) is 4.39 Å². The molecule has 0 saturated carbocycles. The summed E-state index contributed by atoms with van der Waals surface area (Å²) in [6, 6.07) is 8.27. The first-order valence-electron chi connectivity index (χ1n) is 5.52. The van der Waals surface area contributed by atoms with Crippen molar-refractivity contribution >= 4 is 0 Å². The second kappa shape index (κ2) is 4.63. The van der Waals surface area contributed by atoms with Gasteiger partial charge in [-0.25, -0.2) is 4.39 Å². The Labute approximate surface area is 100 Å². The van der Waals surface area contributed by atoms with Gasteiger partial charge in [-0.15, -0.1) is 0 Å². The molecule has 0 aliphatic rings. The van der Waals surface area contributed by atoms with Gasteiger partial charge >= 0.3 is 0 Å². The average molecular weight is 230 g/mol. The van der Waals surface area contributed by atoms with Crippen LogP contribution in [0, 0.1) is 19.7 Å². The van der Waals surface area contributed by atoms with Crippen LogP contribution < -0.4 is 5.73 Å². The predicted molar refractivity (Wildman–Crippen MR) is 66.1 cm³/mol. The van der Waals surface area contributed by atoms with Crippen molar-refractivity contribution < 1.29 is 4.39 Å². The highest BCUT2D eigenvalue weighted by atomic mass is 19.1. The Bertz CT molecular complexity index is 517. The molecule has 2 aromatic rings. The second-order valence-corrected chi connectivity index (χ2v) is 4.25. The number of nitrogens with zero attached hydrogens (tertiary/aromatic N) is 1. The molecule has 1 aromatic heterocycles. The number of benzene rings is 1. The zero-order chi connectivity index (χ0) is 12.4. The molecule has 0 saturated heterocycles. The van der Waals surface area contributed by atoms with Crippen molar-refractivity contribution in [3.63, 3.8) is 0 Å². The molecule has 0 amide bonds. The summed E-state index contributed by atoms with van der Waals surface area (Å²) >= 11 is 0. The number of hydrogen-bond acceptors (Lipinski definition) is 2. The summed E-state index contributed by atoms with van der Waals surface area (Å²) < 4.78 is 13.3. The summed E-state index contributed by atoms with van der Waals surface area (Å²) in [5.41, 5.74) is 9.55. The van der Waals surface area contributed by atoms with Crippen LogP contribution in [0.4, 0.5) is 4.39 Å². The molecule has 1 heterocycles. The van der Waals surface area contributed by atoms with Gasteiger partial charge in [0.25, 0.3) is 0 Å². The molecule has 2 rings (SSSR count). The minimum atomic E-state index is -0.384. The van der Waals surface area contributed by atoms with Gasteiger partial charge in [-0.3, -0.25) is 4.98 Å². The van der Waals surface area contributed by atoms with E-state index in [0.29, 0.717) is 0 Å². The number of nitrogens with two attached hydrogens (primary N) is 1. The van der Waals surface area contributed by atoms with E-state index < -0.39 is 0 Å². The zero-order valence-electron chi connectivity index (χ0n) is 9.94. The average Bonchev–Trinajstić information content (AvgIpc) is 2.27. The van der Waals surface area contributed by atoms with Gasteiger partial charge in [0.15, 0.2) is 0 Å². The van der Waals surface area contributed by atoms with Gasteiger partial charge in [-0.05, 0) is 48.7 Å². The van der Waals surface area contributed by atoms with Crippen LogP contribution in [0.1, 0.15) is 28.4 Å². The largest absolute Gasteiger partial charge is 0.319 e. The molecule has 2 nitrogen and oxygen atoms in total. The summed E-state index contributed by atoms with van der Waals surface area (Å²) in [5, 5.41) is 0. The van der Waals surface area contributed by atoms with E-state index in [2.05, 4.69) is 4.98 Å². The van der Waals surface area contributed by atoms with Crippen LogP contribution in [0.2, 0.25) is 0 Å². The van der Waals surface area contributed by atoms with E-state index in [-0.39, 0.29) is 11.9 Å². The topological polar surface area (TPSA) is 38.9 Å². The minimum absolute atomic E-state index is 0.260. The lowest BCUT2D eigenvalue weighted by Crippen LogP contribution is -2.15. The number of aryl methyl sites for hydroxylation is 2. The summed E-state index contributed by atoms with van der Waals surface area (Å²) in [5.74, 6) is -0.260. The van der Waals surface area contributed by atoms with Crippen LogP contribution >= 0.6 is 0 Å². The molecule has 0 spiro atoms. The first-order chi connectivity index (χ1) is 8.08. The molecule has 1 aromatic carbocycles. The molecule has 17 heavy (non-hydrogen) atoms. The summed E-state index contributed by atoms with van der Waals surface area (Å²) in [6.07, 6.45) is 1.70. The summed E-state index contributed by atoms with van der Waals surface area (Å²) in [4.78, 5) is 4.27. The number of rotatable bonds is 2. The van der Waals surface area contributed by atoms with Crippen LogP contribution in [-0.4, -0.2) is 4.98 Å².